The van der Waals surface area contributed by atoms with Crippen molar-refractivity contribution in [1.29, 1.82) is 0 Å². The van der Waals surface area contributed by atoms with Crippen LogP contribution in [0.4, 0.5) is 13.6 Å². The predicted octanol–water partition coefficient (Wildman–Crippen LogP) is 1.98. The van der Waals surface area contributed by atoms with E-state index in [1.54, 1.807) is 11.5 Å². The van der Waals surface area contributed by atoms with E-state index in [0.717, 1.165) is 12.1 Å². The molecule has 0 saturated heterocycles. The number of halogens is 2. The van der Waals surface area contributed by atoms with Crippen LogP contribution in [0.3, 0.4) is 0 Å². The van der Waals surface area contributed by atoms with E-state index in [0.29, 0.717) is 11.6 Å². The zero-order valence-electron chi connectivity index (χ0n) is 12.4. The summed E-state index contributed by atoms with van der Waals surface area (Å²) in [7, 11) is 1.31. The number of amides is 1. The number of fused-ring (bicyclic) bond motifs is 1. The van der Waals surface area contributed by atoms with Crippen molar-refractivity contribution in [2.45, 2.75) is 25.4 Å². The van der Waals surface area contributed by atoms with Crippen LogP contribution < -0.4 is 10.1 Å². The lowest BCUT2D eigenvalue weighted by Gasteiger charge is -2.20. The van der Waals surface area contributed by atoms with Gasteiger partial charge in [-0.05, 0) is 6.92 Å². The van der Waals surface area contributed by atoms with Crippen LogP contribution in [-0.4, -0.2) is 33.1 Å². The molecule has 1 amide bonds. The van der Waals surface area contributed by atoms with Crippen molar-refractivity contribution in [1.82, 2.24) is 20.1 Å². The Balaban J connectivity index is 2.07. The number of carbonyl (C=O) groups is 1. The van der Waals surface area contributed by atoms with Crippen molar-refractivity contribution in [2.24, 2.45) is 0 Å². The highest BCUT2D eigenvalue weighted by atomic mass is 19.1. The molecule has 0 unspecified atom stereocenters. The van der Waals surface area contributed by atoms with Gasteiger partial charge in [-0.15, -0.1) is 10.2 Å². The number of aryl methyl sites for hydroxylation is 1. The van der Waals surface area contributed by atoms with E-state index in [1.807, 2.05) is 0 Å². The second-order valence-electron chi connectivity index (χ2n) is 5.25. The third kappa shape index (κ3) is 2.47. The Hall–Kier alpha value is -2.71. The third-order valence-electron chi connectivity index (χ3n) is 3.96. The van der Waals surface area contributed by atoms with Gasteiger partial charge in [0, 0.05) is 30.2 Å². The zero-order valence-corrected chi connectivity index (χ0v) is 12.4. The van der Waals surface area contributed by atoms with Crippen molar-refractivity contribution in [3.8, 4) is 5.75 Å². The van der Waals surface area contributed by atoms with E-state index in [9.17, 15) is 13.6 Å². The third-order valence-corrected chi connectivity index (χ3v) is 3.96. The Labute approximate surface area is 129 Å². The van der Waals surface area contributed by atoms with Gasteiger partial charge in [0.15, 0.2) is 5.82 Å². The molecular weight excluding hydrogens is 310 g/mol. The van der Waals surface area contributed by atoms with Crippen molar-refractivity contribution in [2.75, 3.05) is 7.11 Å². The van der Waals surface area contributed by atoms with Gasteiger partial charge >= 0.3 is 6.09 Å². The molecule has 0 spiro atoms. The van der Waals surface area contributed by atoms with Crippen LogP contribution in [0.2, 0.25) is 0 Å². The first-order valence-electron chi connectivity index (χ1n) is 6.84. The molecule has 9 heteroatoms. The van der Waals surface area contributed by atoms with Crippen molar-refractivity contribution in [3.63, 3.8) is 0 Å². The first-order valence-corrected chi connectivity index (χ1v) is 6.84. The van der Waals surface area contributed by atoms with Gasteiger partial charge in [-0.25, -0.2) is 13.6 Å². The molecular formula is C14H14F2N4O3. The van der Waals surface area contributed by atoms with Gasteiger partial charge in [-0.1, -0.05) is 0 Å². The molecule has 3 rings (SSSR count). The lowest BCUT2D eigenvalue weighted by Crippen LogP contribution is -2.30. The first-order chi connectivity index (χ1) is 10.9. The van der Waals surface area contributed by atoms with E-state index in [2.05, 4.69) is 15.5 Å². The Morgan fingerprint density at radius 1 is 1.39 bits per heavy atom. The van der Waals surface area contributed by atoms with E-state index in [4.69, 9.17) is 9.84 Å². The molecule has 23 heavy (non-hydrogen) atoms. The maximum absolute atomic E-state index is 14.4. The second kappa shape index (κ2) is 5.49. The Morgan fingerprint density at radius 2 is 2.04 bits per heavy atom. The molecule has 2 heterocycles. The average Bonchev–Trinajstić information content (AvgIpc) is 3.00. The summed E-state index contributed by atoms with van der Waals surface area (Å²) in [5.74, 6) is -1.40. The molecule has 122 valence electrons. The Bertz CT molecular complexity index is 754. The van der Waals surface area contributed by atoms with Crippen molar-refractivity contribution >= 4 is 6.09 Å². The number of benzene rings is 1. The molecule has 0 bridgehead atoms. The van der Waals surface area contributed by atoms with Gasteiger partial charge < -0.3 is 19.7 Å². The van der Waals surface area contributed by atoms with E-state index >= 15 is 0 Å². The van der Waals surface area contributed by atoms with Crippen LogP contribution in [0.1, 0.15) is 29.2 Å². The lowest BCUT2D eigenvalue weighted by molar-refractivity contribution is 0.188. The molecule has 1 aliphatic rings. The summed E-state index contributed by atoms with van der Waals surface area (Å²) < 4.78 is 35.2. The summed E-state index contributed by atoms with van der Waals surface area (Å²) in [5.41, 5.74) is -0.200. The quantitative estimate of drug-likeness (QED) is 0.901. The van der Waals surface area contributed by atoms with Gasteiger partial charge in [0.1, 0.15) is 29.3 Å². The maximum atomic E-state index is 14.4. The van der Waals surface area contributed by atoms with E-state index in [-0.39, 0.29) is 17.9 Å². The maximum Gasteiger partial charge on any atom is 0.405 e. The summed E-state index contributed by atoms with van der Waals surface area (Å²) in [5, 5.41) is 19.1. The molecule has 2 N–H and O–H groups in total. The van der Waals surface area contributed by atoms with Crippen LogP contribution in [0.5, 0.6) is 5.75 Å². The van der Waals surface area contributed by atoms with Gasteiger partial charge in [0.05, 0.1) is 7.11 Å². The topological polar surface area (TPSA) is 89.3 Å². The molecule has 0 aliphatic carbocycles. The summed E-state index contributed by atoms with van der Waals surface area (Å²) in [6, 6.07) is 1.26. The number of rotatable bonds is 3. The van der Waals surface area contributed by atoms with Crippen molar-refractivity contribution in [3.05, 3.63) is 41.0 Å². The minimum Gasteiger partial charge on any atom is -0.497 e. The largest absolute Gasteiger partial charge is 0.497 e. The smallest absolute Gasteiger partial charge is 0.405 e. The van der Waals surface area contributed by atoms with Gasteiger partial charge in [0.2, 0.25) is 0 Å². The number of hydrogen-bond acceptors (Lipinski definition) is 4. The van der Waals surface area contributed by atoms with Crippen LogP contribution in [0, 0.1) is 18.6 Å². The zero-order chi connectivity index (χ0) is 16.7. The highest BCUT2D eigenvalue weighted by Gasteiger charge is 2.40. The Kier molecular flexibility index (Phi) is 3.63. The monoisotopic (exact) mass is 324 g/mol. The molecule has 2 aromatic rings. The normalized spacial score (nSPS) is 19.5. The van der Waals surface area contributed by atoms with Gasteiger partial charge in [-0.2, -0.15) is 0 Å². The number of methoxy groups -OCH3 is 1. The highest BCUT2D eigenvalue weighted by molar-refractivity contribution is 5.65. The summed E-state index contributed by atoms with van der Waals surface area (Å²) >= 11 is 0. The highest BCUT2D eigenvalue weighted by Crippen LogP contribution is 2.41. The number of hydrogen-bond donors (Lipinski definition) is 2. The van der Waals surface area contributed by atoms with Crippen LogP contribution >= 0.6 is 0 Å². The molecule has 0 fully saturated rings. The second-order valence-corrected chi connectivity index (χ2v) is 5.25. The minimum absolute atomic E-state index is 0.0556. The molecule has 0 radical (unpaired) electrons. The summed E-state index contributed by atoms with van der Waals surface area (Å²) in [4.78, 5) is 11.0. The number of carboxylic acid groups (broad SMARTS) is 1. The molecule has 2 atom stereocenters. The number of aromatic nitrogens is 3. The molecule has 1 aliphatic heterocycles. The fourth-order valence-electron chi connectivity index (χ4n) is 2.92. The molecule has 0 saturated carbocycles. The number of nitrogens with zero attached hydrogens (tertiary/aromatic N) is 3. The molecule has 7 nitrogen and oxygen atoms in total. The Morgan fingerprint density at radius 3 is 2.61 bits per heavy atom. The average molecular weight is 324 g/mol. The number of ether oxygens (including phenoxy) is 1. The SMILES string of the molecule is COc1cc(F)c([C@@H]2Cn3c(C)nnc3[C@H]2NC(=O)O)c(F)c1. The van der Waals surface area contributed by atoms with Crippen LogP contribution in [0.15, 0.2) is 12.1 Å². The van der Waals surface area contributed by atoms with E-state index in [1.165, 1.54) is 7.11 Å². The molecule has 1 aromatic carbocycles. The standard InChI is InChI=1S/C14H14F2N4O3/c1-6-18-19-13-12(17-14(21)22)8(5-20(6)13)11-9(15)3-7(23-2)4-10(11)16/h3-4,8,12,17H,5H2,1-2H3,(H,21,22)/t8-,12-/m0/s1. The van der Waals surface area contributed by atoms with E-state index < -0.39 is 29.7 Å². The van der Waals surface area contributed by atoms with Crippen molar-refractivity contribution < 1.29 is 23.4 Å². The van der Waals surface area contributed by atoms with Gasteiger partial charge in [0.25, 0.3) is 0 Å². The first kappa shape index (κ1) is 15.2. The summed E-state index contributed by atoms with van der Waals surface area (Å²) in [6.07, 6.45) is -1.30. The number of nitrogens with one attached hydrogen (secondary N) is 1. The van der Waals surface area contributed by atoms with Crippen LogP contribution in [-0.2, 0) is 6.54 Å². The fraction of sp³-hybridized carbons (Fsp3) is 0.357. The summed E-state index contributed by atoms with van der Waals surface area (Å²) in [6.45, 7) is 1.87. The minimum atomic E-state index is -1.30. The van der Waals surface area contributed by atoms with Crippen LogP contribution in [0.25, 0.3) is 0 Å². The predicted molar refractivity (Wildman–Crippen MR) is 74.3 cm³/mol. The fourth-order valence-corrected chi connectivity index (χ4v) is 2.92. The lowest BCUT2D eigenvalue weighted by atomic mass is 9.92. The van der Waals surface area contributed by atoms with Gasteiger partial charge in [-0.3, -0.25) is 0 Å². The molecule has 1 aromatic heterocycles.